The molecule has 1 N–H and O–H groups in total. The fourth-order valence-corrected chi connectivity index (χ4v) is 2.58. The molecule has 0 fully saturated rings. The average molecular weight is 302 g/mol. The minimum absolute atomic E-state index is 0.178. The summed E-state index contributed by atoms with van der Waals surface area (Å²) < 4.78 is 5.19. The highest BCUT2D eigenvalue weighted by Gasteiger charge is 2.30. The SMILES string of the molecule is Cc1noc(C)c1C(C)(C)NC(=O)c1ccc(N(C)C)nc1. The molecule has 0 atom stereocenters. The monoisotopic (exact) mass is 302 g/mol. The number of amides is 1. The summed E-state index contributed by atoms with van der Waals surface area (Å²) in [6.45, 7) is 7.57. The summed E-state index contributed by atoms with van der Waals surface area (Å²) in [5.41, 5.74) is 1.62. The Morgan fingerprint density at radius 1 is 1.27 bits per heavy atom. The van der Waals surface area contributed by atoms with E-state index in [9.17, 15) is 4.79 Å². The molecule has 0 unspecified atom stereocenters. The van der Waals surface area contributed by atoms with Crippen LogP contribution in [0.3, 0.4) is 0 Å². The molecule has 0 saturated heterocycles. The van der Waals surface area contributed by atoms with Gasteiger partial charge in [-0.25, -0.2) is 4.98 Å². The van der Waals surface area contributed by atoms with Gasteiger partial charge >= 0.3 is 0 Å². The smallest absolute Gasteiger partial charge is 0.253 e. The number of rotatable bonds is 4. The summed E-state index contributed by atoms with van der Waals surface area (Å²) in [5, 5.41) is 6.96. The summed E-state index contributed by atoms with van der Waals surface area (Å²) in [6.07, 6.45) is 1.58. The predicted molar refractivity (Wildman–Crippen MR) is 85.0 cm³/mol. The standard InChI is InChI=1S/C16H22N4O2/c1-10-14(11(2)22-19-10)16(3,4)18-15(21)12-7-8-13(17-9-12)20(5)6/h7-9H,1-6H3,(H,18,21). The summed E-state index contributed by atoms with van der Waals surface area (Å²) in [5.74, 6) is 1.34. The Bertz CT molecular complexity index is 652. The lowest BCUT2D eigenvalue weighted by atomic mass is 9.92. The van der Waals surface area contributed by atoms with Gasteiger partial charge in [0.1, 0.15) is 11.6 Å². The number of anilines is 1. The number of nitrogens with one attached hydrogen (secondary N) is 1. The molecule has 0 aromatic carbocycles. The third-order valence-corrected chi connectivity index (χ3v) is 3.55. The highest BCUT2D eigenvalue weighted by atomic mass is 16.5. The third kappa shape index (κ3) is 3.10. The first kappa shape index (κ1) is 16.0. The van der Waals surface area contributed by atoms with Crippen LogP contribution in [0.4, 0.5) is 5.82 Å². The van der Waals surface area contributed by atoms with Crippen molar-refractivity contribution >= 4 is 11.7 Å². The Kier molecular flexibility index (Phi) is 4.21. The first-order valence-corrected chi connectivity index (χ1v) is 7.11. The molecule has 0 saturated carbocycles. The van der Waals surface area contributed by atoms with Crippen LogP contribution in [0.5, 0.6) is 0 Å². The second kappa shape index (κ2) is 5.79. The zero-order valence-corrected chi connectivity index (χ0v) is 13.9. The van der Waals surface area contributed by atoms with Gasteiger partial charge < -0.3 is 14.7 Å². The van der Waals surface area contributed by atoms with Gasteiger partial charge in [-0.2, -0.15) is 0 Å². The van der Waals surface area contributed by atoms with Crippen LogP contribution in [0.1, 0.15) is 41.2 Å². The van der Waals surface area contributed by atoms with Gasteiger partial charge in [-0.1, -0.05) is 5.16 Å². The highest BCUT2D eigenvalue weighted by Crippen LogP contribution is 2.27. The number of hydrogen-bond donors (Lipinski definition) is 1. The number of carbonyl (C=O) groups excluding carboxylic acids is 1. The van der Waals surface area contributed by atoms with E-state index in [1.165, 1.54) is 0 Å². The molecule has 1 amide bonds. The first-order valence-electron chi connectivity index (χ1n) is 7.11. The van der Waals surface area contributed by atoms with E-state index in [1.54, 1.807) is 12.3 Å². The number of aromatic nitrogens is 2. The maximum atomic E-state index is 12.4. The summed E-state index contributed by atoms with van der Waals surface area (Å²) >= 11 is 0. The second-order valence-electron chi connectivity index (χ2n) is 6.08. The van der Waals surface area contributed by atoms with Crippen molar-refractivity contribution < 1.29 is 9.32 Å². The number of aryl methyl sites for hydroxylation is 2. The molecule has 0 aliphatic rings. The van der Waals surface area contributed by atoms with Crippen LogP contribution in [-0.4, -0.2) is 30.1 Å². The average Bonchev–Trinajstić information content (AvgIpc) is 2.78. The normalized spacial score (nSPS) is 11.4. The molecular formula is C16H22N4O2. The van der Waals surface area contributed by atoms with E-state index in [-0.39, 0.29) is 5.91 Å². The van der Waals surface area contributed by atoms with E-state index >= 15 is 0 Å². The largest absolute Gasteiger partial charge is 0.363 e. The summed E-state index contributed by atoms with van der Waals surface area (Å²) in [4.78, 5) is 18.6. The lowest BCUT2D eigenvalue weighted by molar-refractivity contribution is 0.0911. The number of nitrogens with zero attached hydrogens (tertiary/aromatic N) is 3. The van der Waals surface area contributed by atoms with Crippen LogP contribution >= 0.6 is 0 Å². The molecule has 2 aromatic rings. The molecule has 2 aromatic heterocycles. The molecular weight excluding hydrogens is 280 g/mol. The van der Waals surface area contributed by atoms with Gasteiger partial charge in [0.25, 0.3) is 5.91 Å². The Balaban J connectivity index is 2.20. The first-order chi connectivity index (χ1) is 10.2. The van der Waals surface area contributed by atoms with E-state index in [2.05, 4.69) is 15.5 Å². The van der Waals surface area contributed by atoms with Crippen LogP contribution in [0.15, 0.2) is 22.9 Å². The van der Waals surface area contributed by atoms with E-state index in [0.29, 0.717) is 11.3 Å². The predicted octanol–water partition coefficient (Wildman–Crippen LogP) is 2.42. The third-order valence-electron chi connectivity index (χ3n) is 3.55. The van der Waals surface area contributed by atoms with Crippen molar-refractivity contribution in [3.63, 3.8) is 0 Å². The van der Waals surface area contributed by atoms with Gasteiger partial charge in [0.05, 0.1) is 16.8 Å². The molecule has 22 heavy (non-hydrogen) atoms. The van der Waals surface area contributed by atoms with Crippen molar-refractivity contribution in [3.8, 4) is 0 Å². The zero-order valence-electron chi connectivity index (χ0n) is 13.9. The van der Waals surface area contributed by atoms with Crippen molar-refractivity contribution in [2.75, 3.05) is 19.0 Å². The lowest BCUT2D eigenvalue weighted by Gasteiger charge is -2.26. The minimum Gasteiger partial charge on any atom is -0.363 e. The van der Waals surface area contributed by atoms with Crippen molar-refractivity contribution in [2.45, 2.75) is 33.2 Å². The molecule has 6 heteroatoms. The molecule has 2 heterocycles. The van der Waals surface area contributed by atoms with Crippen LogP contribution in [0, 0.1) is 13.8 Å². The number of pyridine rings is 1. The van der Waals surface area contributed by atoms with Gasteiger partial charge in [0.2, 0.25) is 0 Å². The van der Waals surface area contributed by atoms with Crippen LogP contribution < -0.4 is 10.2 Å². The minimum atomic E-state index is -0.578. The van der Waals surface area contributed by atoms with Gasteiger partial charge in [0.15, 0.2) is 0 Å². The van der Waals surface area contributed by atoms with Crippen molar-refractivity contribution in [1.82, 2.24) is 15.5 Å². The maximum Gasteiger partial charge on any atom is 0.253 e. The zero-order chi connectivity index (χ0) is 16.5. The van der Waals surface area contributed by atoms with Crippen molar-refractivity contribution in [1.29, 1.82) is 0 Å². The Morgan fingerprint density at radius 3 is 2.41 bits per heavy atom. The molecule has 6 nitrogen and oxygen atoms in total. The quantitative estimate of drug-likeness (QED) is 0.939. The maximum absolute atomic E-state index is 12.4. The molecule has 0 aliphatic heterocycles. The highest BCUT2D eigenvalue weighted by molar-refractivity contribution is 5.94. The molecule has 0 aliphatic carbocycles. The molecule has 0 bridgehead atoms. The van der Waals surface area contributed by atoms with Crippen LogP contribution in [-0.2, 0) is 5.54 Å². The molecule has 0 radical (unpaired) electrons. The van der Waals surface area contributed by atoms with Crippen LogP contribution in [0.25, 0.3) is 0 Å². The van der Waals surface area contributed by atoms with Crippen LogP contribution in [0.2, 0.25) is 0 Å². The number of carbonyl (C=O) groups is 1. The van der Waals surface area contributed by atoms with E-state index < -0.39 is 5.54 Å². The second-order valence-corrected chi connectivity index (χ2v) is 6.08. The van der Waals surface area contributed by atoms with Gasteiger partial charge in [0, 0.05) is 25.9 Å². The van der Waals surface area contributed by atoms with E-state index in [0.717, 1.165) is 17.1 Å². The van der Waals surface area contributed by atoms with Crippen molar-refractivity contribution in [2.24, 2.45) is 0 Å². The van der Waals surface area contributed by atoms with E-state index in [1.807, 2.05) is 52.8 Å². The summed E-state index contributed by atoms with van der Waals surface area (Å²) in [7, 11) is 3.81. The molecule has 118 valence electrons. The Labute approximate surface area is 130 Å². The molecule has 2 rings (SSSR count). The van der Waals surface area contributed by atoms with Gasteiger partial charge in [-0.05, 0) is 39.8 Å². The topological polar surface area (TPSA) is 71.3 Å². The van der Waals surface area contributed by atoms with Crippen molar-refractivity contribution in [3.05, 3.63) is 40.9 Å². The Hall–Kier alpha value is -2.37. The lowest BCUT2D eigenvalue weighted by Crippen LogP contribution is -2.41. The fraction of sp³-hybridized carbons (Fsp3) is 0.438. The fourth-order valence-electron chi connectivity index (χ4n) is 2.58. The molecule has 0 spiro atoms. The summed E-state index contributed by atoms with van der Waals surface area (Å²) in [6, 6.07) is 3.58. The Morgan fingerprint density at radius 2 is 1.95 bits per heavy atom. The van der Waals surface area contributed by atoms with Gasteiger partial charge in [-0.3, -0.25) is 4.79 Å². The van der Waals surface area contributed by atoms with Gasteiger partial charge in [-0.15, -0.1) is 0 Å². The number of hydrogen-bond acceptors (Lipinski definition) is 5. The van der Waals surface area contributed by atoms with E-state index in [4.69, 9.17) is 4.52 Å².